The highest BCUT2D eigenvalue weighted by Crippen LogP contribution is 2.68. The Kier molecular flexibility index (Phi) is 12.1. The van der Waals surface area contributed by atoms with Crippen molar-refractivity contribution in [2.24, 2.45) is 0 Å². The molecular formula is C18H14F25O3Si. The molecule has 0 aliphatic rings. The van der Waals surface area contributed by atoms with Gasteiger partial charge in [-0.1, -0.05) is 0 Å². The summed E-state index contributed by atoms with van der Waals surface area (Å²) in [7, 11) is -3.75. The second-order valence-electron chi connectivity index (χ2n) is 8.74. The lowest BCUT2D eigenvalue weighted by atomic mass is 9.84. The molecule has 0 heterocycles. The Labute approximate surface area is 245 Å². The molecule has 283 valence electrons. The highest BCUT2D eigenvalue weighted by Gasteiger charge is 2.99. The minimum absolute atomic E-state index is 0.439. The zero-order chi connectivity index (χ0) is 38.7. The number of rotatable bonds is 17. The fraction of sp³-hybridized carbons (Fsp3) is 1.00. The highest BCUT2D eigenvalue weighted by atomic mass is 28.3. The first-order valence-corrected chi connectivity index (χ1v) is 12.4. The highest BCUT2D eigenvalue weighted by molar-refractivity contribution is 6.36. The van der Waals surface area contributed by atoms with Crippen molar-refractivity contribution in [1.82, 2.24) is 0 Å². The van der Waals surface area contributed by atoms with Crippen molar-refractivity contribution in [2.75, 3.05) is 13.2 Å². The van der Waals surface area contributed by atoms with E-state index in [1.807, 2.05) is 0 Å². The fourth-order valence-corrected chi connectivity index (χ4v) is 3.91. The van der Waals surface area contributed by atoms with Gasteiger partial charge in [-0.15, -0.1) is 0 Å². The molecule has 1 atom stereocenters. The van der Waals surface area contributed by atoms with Crippen LogP contribution in [0.3, 0.4) is 0 Å². The van der Waals surface area contributed by atoms with Crippen molar-refractivity contribution in [3.05, 3.63) is 0 Å². The summed E-state index contributed by atoms with van der Waals surface area (Å²) < 4.78 is 351. The normalized spacial score (nSPS) is 17.0. The van der Waals surface area contributed by atoms with E-state index in [0.717, 1.165) is 13.8 Å². The van der Waals surface area contributed by atoms with Gasteiger partial charge >= 0.3 is 80.9 Å². The molecule has 0 aromatic carbocycles. The molecule has 0 aromatic heterocycles. The predicted molar refractivity (Wildman–Crippen MR) is 100 cm³/mol. The molecule has 0 aliphatic heterocycles. The SMILES string of the molecule is CCO[Si](OCC)OC(C)C(F)(F)C(F)(F)C(F)(F)C(F)(F)C(F)(F)C(F)(F)C(F)(F)C(F)(F)C(F)(F)C(F)(F)C(F)(F)C(F)(F)F. The quantitative estimate of drug-likeness (QED) is 0.109. The molecule has 0 amide bonds. The lowest BCUT2D eigenvalue weighted by Gasteiger charge is -2.46. The van der Waals surface area contributed by atoms with Gasteiger partial charge in [-0.3, -0.25) is 0 Å². The number of halogens is 25. The van der Waals surface area contributed by atoms with Crippen LogP contribution in [0.2, 0.25) is 0 Å². The van der Waals surface area contributed by atoms with Crippen molar-refractivity contribution in [3.8, 4) is 0 Å². The molecule has 0 saturated carbocycles. The Morgan fingerprint density at radius 1 is 0.383 bits per heavy atom. The fourth-order valence-electron chi connectivity index (χ4n) is 2.78. The lowest BCUT2D eigenvalue weighted by Crippen LogP contribution is -2.78. The molecule has 0 aliphatic carbocycles. The summed E-state index contributed by atoms with van der Waals surface area (Å²) in [5.41, 5.74) is 0. The van der Waals surface area contributed by atoms with Crippen LogP contribution in [0.25, 0.3) is 0 Å². The molecule has 0 fully saturated rings. The van der Waals surface area contributed by atoms with E-state index < -0.39 is 107 Å². The van der Waals surface area contributed by atoms with Gasteiger partial charge in [-0.05, 0) is 20.8 Å². The predicted octanol–water partition coefficient (Wildman–Crippen LogP) is 9.00. The van der Waals surface area contributed by atoms with Crippen molar-refractivity contribution < 1.29 is 123 Å². The molecule has 0 bridgehead atoms. The Hall–Kier alpha value is -1.65. The van der Waals surface area contributed by atoms with E-state index in [9.17, 15) is 110 Å². The Morgan fingerprint density at radius 2 is 0.596 bits per heavy atom. The van der Waals surface area contributed by atoms with Gasteiger partial charge in [0.05, 0.1) is 0 Å². The summed E-state index contributed by atoms with van der Waals surface area (Å²) in [5.74, 6) is -99.0. The second kappa shape index (κ2) is 12.6. The van der Waals surface area contributed by atoms with Crippen LogP contribution < -0.4 is 0 Å². The van der Waals surface area contributed by atoms with Gasteiger partial charge in [-0.25, -0.2) is 0 Å². The van der Waals surface area contributed by atoms with Crippen LogP contribution in [-0.2, 0) is 13.3 Å². The van der Waals surface area contributed by atoms with Gasteiger partial charge in [0.25, 0.3) is 0 Å². The summed E-state index contributed by atoms with van der Waals surface area (Å²) >= 11 is 0. The van der Waals surface area contributed by atoms with E-state index in [0.29, 0.717) is 0 Å². The maximum Gasteiger partial charge on any atom is 0.578 e. The van der Waals surface area contributed by atoms with E-state index in [1.165, 1.54) is 0 Å². The van der Waals surface area contributed by atoms with Crippen molar-refractivity contribution in [1.29, 1.82) is 0 Å². The summed E-state index contributed by atoms with van der Waals surface area (Å²) in [6.07, 6.45) is -12.2. The average molecular weight is 781 g/mol. The third-order valence-electron chi connectivity index (χ3n) is 5.63. The van der Waals surface area contributed by atoms with Crippen LogP contribution >= 0.6 is 0 Å². The van der Waals surface area contributed by atoms with Gasteiger partial charge in [0.1, 0.15) is 6.10 Å². The second-order valence-corrected chi connectivity index (χ2v) is 10.1. The summed E-state index contributed by atoms with van der Waals surface area (Å²) in [6.45, 7) is 0.358. The minimum Gasteiger partial charge on any atom is -0.371 e. The van der Waals surface area contributed by atoms with Crippen molar-refractivity contribution in [3.63, 3.8) is 0 Å². The standard InChI is InChI=1S/C18H14F25O3Si/c1-4-44-47(45-5-2)46-6(3)7(19,20)8(21,22)9(23,24)10(25,26)11(27,28)12(29,30)13(31,32)14(33,34)15(35,36)16(37,38)17(39,40)18(41,42)43/h6H,4-5H2,1-3H3. The molecule has 0 saturated heterocycles. The maximum absolute atomic E-state index is 14.2. The summed E-state index contributed by atoms with van der Waals surface area (Å²) in [5, 5.41) is 0. The summed E-state index contributed by atoms with van der Waals surface area (Å²) in [6, 6.07) is 0. The smallest absolute Gasteiger partial charge is 0.371 e. The van der Waals surface area contributed by atoms with Gasteiger partial charge in [0, 0.05) is 13.2 Å². The first-order valence-electron chi connectivity index (χ1n) is 11.2. The zero-order valence-corrected chi connectivity index (χ0v) is 23.2. The Morgan fingerprint density at radius 3 is 0.809 bits per heavy atom. The molecule has 0 aromatic rings. The molecule has 3 nitrogen and oxygen atoms in total. The third kappa shape index (κ3) is 6.19. The van der Waals surface area contributed by atoms with Crippen LogP contribution in [0.5, 0.6) is 0 Å². The van der Waals surface area contributed by atoms with Crippen LogP contribution in [0.1, 0.15) is 20.8 Å². The molecule has 0 rings (SSSR count). The molecule has 29 heteroatoms. The number of hydrogen-bond donors (Lipinski definition) is 0. The average Bonchev–Trinajstić information content (AvgIpc) is 2.86. The van der Waals surface area contributed by atoms with E-state index >= 15 is 0 Å². The largest absolute Gasteiger partial charge is 0.578 e. The number of alkyl halides is 25. The van der Waals surface area contributed by atoms with E-state index in [4.69, 9.17) is 0 Å². The van der Waals surface area contributed by atoms with E-state index in [2.05, 4.69) is 13.3 Å². The van der Waals surface area contributed by atoms with Crippen LogP contribution in [-0.4, -0.2) is 100 Å². The maximum atomic E-state index is 14.2. The Balaban J connectivity index is 7.24. The van der Waals surface area contributed by atoms with Crippen molar-refractivity contribution >= 4 is 9.53 Å². The molecule has 1 radical (unpaired) electrons. The Bertz CT molecular complexity index is 1060. The third-order valence-corrected chi connectivity index (χ3v) is 7.23. The van der Waals surface area contributed by atoms with E-state index in [-0.39, 0.29) is 0 Å². The molecule has 47 heavy (non-hydrogen) atoms. The summed E-state index contributed by atoms with van der Waals surface area (Å²) in [4.78, 5) is 0. The molecular weight excluding hydrogens is 767 g/mol. The monoisotopic (exact) mass is 781 g/mol. The minimum atomic E-state index is -9.63. The van der Waals surface area contributed by atoms with Crippen LogP contribution in [0.15, 0.2) is 0 Å². The van der Waals surface area contributed by atoms with E-state index in [1.54, 1.807) is 0 Å². The van der Waals surface area contributed by atoms with Gasteiger partial charge in [0.15, 0.2) is 0 Å². The topological polar surface area (TPSA) is 27.7 Å². The molecule has 0 spiro atoms. The van der Waals surface area contributed by atoms with Crippen LogP contribution in [0.4, 0.5) is 110 Å². The van der Waals surface area contributed by atoms with Gasteiger partial charge < -0.3 is 13.3 Å². The zero-order valence-electron chi connectivity index (χ0n) is 22.2. The lowest BCUT2D eigenvalue weighted by molar-refractivity contribution is -0.482. The first kappa shape index (κ1) is 45.3. The van der Waals surface area contributed by atoms with Gasteiger partial charge in [0.2, 0.25) is 0 Å². The molecule has 0 N–H and O–H groups in total. The van der Waals surface area contributed by atoms with Crippen LogP contribution in [0, 0.1) is 0 Å². The first-order chi connectivity index (χ1) is 20.2. The van der Waals surface area contributed by atoms with Gasteiger partial charge in [-0.2, -0.15) is 110 Å². The van der Waals surface area contributed by atoms with Crippen molar-refractivity contribution in [2.45, 2.75) is 98.2 Å². The molecule has 1 unspecified atom stereocenters. The number of hydrogen-bond acceptors (Lipinski definition) is 3.